The molecule has 4 rings (SSSR count). The van der Waals surface area contributed by atoms with Gasteiger partial charge in [-0.2, -0.15) is 0 Å². The van der Waals surface area contributed by atoms with Crippen molar-refractivity contribution in [1.29, 1.82) is 0 Å². The minimum absolute atomic E-state index is 0.00965. The summed E-state index contributed by atoms with van der Waals surface area (Å²) in [5.74, 6) is 1.69. The van der Waals surface area contributed by atoms with E-state index in [0.29, 0.717) is 0 Å². The molecule has 1 aliphatic heterocycles. The van der Waals surface area contributed by atoms with Crippen LogP contribution in [0.4, 0.5) is 0 Å². The Morgan fingerprint density at radius 1 is 1.23 bits per heavy atom. The number of nitrogens with one attached hydrogen (secondary N) is 1. The van der Waals surface area contributed by atoms with Crippen LogP contribution in [0.25, 0.3) is 17.1 Å². The van der Waals surface area contributed by atoms with Crippen molar-refractivity contribution in [2.24, 2.45) is 0 Å². The molecule has 1 N–H and O–H groups in total. The molecule has 2 heterocycles. The summed E-state index contributed by atoms with van der Waals surface area (Å²) in [5, 5.41) is 0. The van der Waals surface area contributed by atoms with E-state index < -0.39 is 0 Å². The number of methoxy groups -OCH3 is 1. The molecule has 1 unspecified atom stereocenters. The van der Waals surface area contributed by atoms with Crippen molar-refractivity contribution in [1.82, 2.24) is 14.9 Å². The lowest BCUT2D eigenvalue weighted by molar-refractivity contribution is -0.126. The quantitative estimate of drug-likeness (QED) is 0.727. The molecule has 1 atom stereocenters. The van der Waals surface area contributed by atoms with Crippen molar-refractivity contribution < 1.29 is 9.53 Å². The molecule has 1 amide bonds. The molecule has 1 aromatic heterocycles. The molecule has 26 heavy (non-hydrogen) atoms. The van der Waals surface area contributed by atoms with E-state index in [1.807, 2.05) is 59.5 Å². The van der Waals surface area contributed by atoms with E-state index in [9.17, 15) is 4.79 Å². The Hall–Kier alpha value is -3.08. The molecule has 3 aromatic rings. The molecule has 132 valence electrons. The van der Waals surface area contributed by atoms with Crippen molar-refractivity contribution in [3.05, 3.63) is 66.0 Å². The number of hydrogen-bond acceptors (Lipinski definition) is 3. The van der Waals surface area contributed by atoms with E-state index in [4.69, 9.17) is 4.74 Å². The second-order valence-corrected chi connectivity index (χ2v) is 6.44. The van der Waals surface area contributed by atoms with Crippen LogP contribution in [0.1, 0.15) is 30.3 Å². The predicted octanol–water partition coefficient (Wildman–Crippen LogP) is 3.95. The van der Waals surface area contributed by atoms with Crippen molar-refractivity contribution >= 4 is 23.0 Å². The van der Waals surface area contributed by atoms with Gasteiger partial charge in [-0.05, 0) is 48.7 Å². The molecule has 1 fully saturated rings. The summed E-state index contributed by atoms with van der Waals surface area (Å²) in [4.78, 5) is 22.7. The van der Waals surface area contributed by atoms with Crippen molar-refractivity contribution in [2.75, 3.05) is 13.7 Å². The number of aromatic amines is 1. The van der Waals surface area contributed by atoms with Gasteiger partial charge in [-0.25, -0.2) is 4.98 Å². The predicted molar refractivity (Wildman–Crippen MR) is 102 cm³/mol. The highest BCUT2D eigenvalue weighted by Crippen LogP contribution is 2.31. The van der Waals surface area contributed by atoms with Crippen LogP contribution in [-0.2, 0) is 4.79 Å². The highest BCUT2D eigenvalue weighted by molar-refractivity contribution is 5.92. The maximum absolute atomic E-state index is 12.7. The maximum atomic E-state index is 12.7. The minimum atomic E-state index is 0.00965. The third kappa shape index (κ3) is 3.20. The van der Waals surface area contributed by atoms with Gasteiger partial charge in [0.25, 0.3) is 0 Å². The molecule has 0 saturated carbocycles. The Kier molecular flexibility index (Phi) is 4.44. The SMILES string of the molecule is COc1ccc(/C=C/C(=O)N2CCCC2c2nc3ccccc3[nH]2)cc1. The number of amides is 1. The fourth-order valence-electron chi connectivity index (χ4n) is 3.42. The number of imidazole rings is 1. The monoisotopic (exact) mass is 347 g/mol. The van der Waals surface area contributed by atoms with Crippen LogP contribution in [0, 0.1) is 0 Å². The standard InChI is InChI=1S/C21H21N3O2/c1-26-16-11-8-15(9-12-16)10-13-20(25)24-14-4-7-19(24)21-22-17-5-2-3-6-18(17)23-21/h2-3,5-6,8-13,19H,4,7,14H2,1H3,(H,22,23)/b13-10+. The molecule has 1 saturated heterocycles. The number of para-hydroxylation sites is 2. The third-order valence-corrected chi connectivity index (χ3v) is 4.79. The first-order valence-electron chi connectivity index (χ1n) is 8.82. The third-order valence-electron chi connectivity index (χ3n) is 4.79. The average Bonchev–Trinajstić information content (AvgIpc) is 3.32. The summed E-state index contributed by atoms with van der Waals surface area (Å²) in [5.41, 5.74) is 2.92. The first kappa shape index (κ1) is 16.4. The Morgan fingerprint density at radius 2 is 2.04 bits per heavy atom. The first-order valence-corrected chi connectivity index (χ1v) is 8.82. The summed E-state index contributed by atoms with van der Waals surface area (Å²) in [6, 6.07) is 15.6. The lowest BCUT2D eigenvalue weighted by Crippen LogP contribution is -2.29. The molecule has 5 heteroatoms. The Bertz CT molecular complexity index is 910. The minimum Gasteiger partial charge on any atom is -0.497 e. The molecule has 0 radical (unpaired) electrons. The Labute approximate surface area is 152 Å². The van der Waals surface area contributed by atoms with Crippen molar-refractivity contribution in [3.8, 4) is 5.75 Å². The maximum Gasteiger partial charge on any atom is 0.247 e. The van der Waals surface area contributed by atoms with Crippen LogP contribution in [0.15, 0.2) is 54.6 Å². The number of hydrogen-bond donors (Lipinski definition) is 1. The molecular formula is C21H21N3O2. The van der Waals surface area contributed by atoms with Crippen molar-refractivity contribution in [3.63, 3.8) is 0 Å². The number of carbonyl (C=O) groups is 1. The summed E-state index contributed by atoms with van der Waals surface area (Å²) < 4.78 is 5.15. The number of rotatable bonds is 4. The number of H-pyrrole nitrogens is 1. The number of likely N-dealkylation sites (tertiary alicyclic amines) is 1. The zero-order chi connectivity index (χ0) is 17.9. The van der Waals surface area contributed by atoms with Crippen molar-refractivity contribution in [2.45, 2.75) is 18.9 Å². The summed E-state index contributed by atoms with van der Waals surface area (Å²) >= 11 is 0. The zero-order valence-corrected chi connectivity index (χ0v) is 14.7. The fraction of sp³-hybridized carbons (Fsp3) is 0.238. The number of aromatic nitrogens is 2. The van der Waals surface area contributed by atoms with Gasteiger partial charge in [0.15, 0.2) is 0 Å². The van der Waals surface area contributed by atoms with Gasteiger partial charge < -0.3 is 14.6 Å². The van der Waals surface area contributed by atoms with Gasteiger partial charge in [-0.1, -0.05) is 24.3 Å². The van der Waals surface area contributed by atoms with E-state index in [1.165, 1.54) is 0 Å². The Morgan fingerprint density at radius 3 is 2.81 bits per heavy atom. The zero-order valence-electron chi connectivity index (χ0n) is 14.7. The summed E-state index contributed by atoms with van der Waals surface area (Å²) in [6.45, 7) is 0.757. The van der Waals surface area contributed by atoms with Gasteiger partial charge in [-0.15, -0.1) is 0 Å². The van der Waals surface area contributed by atoms with Crippen LogP contribution in [0.5, 0.6) is 5.75 Å². The van der Waals surface area contributed by atoms with Gasteiger partial charge in [0.05, 0.1) is 24.2 Å². The lowest BCUT2D eigenvalue weighted by atomic mass is 10.2. The van der Waals surface area contributed by atoms with E-state index >= 15 is 0 Å². The molecular weight excluding hydrogens is 326 g/mol. The molecule has 0 aliphatic carbocycles. The van der Waals surface area contributed by atoms with Crippen LogP contribution in [0.2, 0.25) is 0 Å². The van der Waals surface area contributed by atoms with Crippen LogP contribution in [0.3, 0.4) is 0 Å². The highest BCUT2D eigenvalue weighted by Gasteiger charge is 2.30. The number of carbonyl (C=O) groups excluding carboxylic acids is 1. The highest BCUT2D eigenvalue weighted by atomic mass is 16.5. The number of benzene rings is 2. The normalized spacial score (nSPS) is 17.3. The number of ether oxygens (including phenoxy) is 1. The fourth-order valence-corrected chi connectivity index (χ4v) is 3.42. The summed E-state index contributed by atoms with van der Waals surface area (Å²) in [7, 11) is 1.64. The second-order valence-electron chi connectivity index (χ2n) is 6.44. The molecule has 0 spiro atoms. The first-order chi connectivity index (χ1) is 12.7. The van der Waals surface area contributed by atoms with Gasteiger partial charge in [-0.3, -0.25) is 4.79 Å². The van der Waals surface area contributed by atoms with E-state index in [2.05, 4.69) is 9.97 Å². The average molecular weight is 347 g/mol. The second kappa shape index (κ2) is 7.04. The van der Waals surface area contributed by atoms with Gasteiger partial charge in [0.1, 0.15) is 11.6 Å². The van der Waals surface area contributed by atoms with Crippen LogP contribution < -0.4 is 4.74 Å². The number of nitrogens with zero attached hydrogens (tertiary/aromatic N) is 2. The van der Waals surface area contributed by atoms with Gasteiger partial charge in [0.2, 0.25) is 5.91 Å². The number of fused-ring (bicyclic) bond motifs is 1. The molecule has 2 aromatic carbocycles. The van der Waals surface area contributed by atoms with Gasteiger partial charge in [0, 0.05) is 12.6 Å². The van der Waals surface area contributed by atoms with Crippen LogP contribution in [-0.4, -0.2) is 34.4 Å². The molecule has 1 aliphatic rings. The van der Waals surface area contributed by atoms with E-state index in [0.717, 1.165) is 47.6 Å². The Balaban J connectivity index is 1.51. The van der Waals surface area contributed by atoms with E-state index in [-0.39, 0.29) is 11.9 Å². The topological polar surface area (TPSA) is 58.2 Å². The summed E-state index contributed by atoms with van der Waals surface area (Å²) in [6.07, 6.45) is 5.41. The van der Waals surface area contributed by atoms with Crippen LogP contribution >= 0.6 is 0 Å². The lowest BCUT2D eigenvalue weighted by Gasteiger charge is -2.21. The largest absolute Gasteiger partial charge is 0.497 e. The molecule has 5 nitrogen and oxygen atoms in total. The smallest absolute Gasteiger partial charge is 0.247 e. The van der Waals surface area contributed by atoms with Gasteiger partial charge >= 0.3 is 0 Å². The van der Waals surface area contributed by atoms with E-state index in [1.54, 1.807) is 13.2 Å². The molecule has 0 bridgehead atoms.